The van der Waals surface area contributed by atoms with Crippen molar-refractivity contribution in [2.45, 2.75) is 25.9 Å². The van der Waals surface area contributed by atoms with Gasteiger partial charge in [0, 0.05) is 18.7 Å². The van der Waals surface area contributed by atoms with Crippen molar-refractivity contribution in [2.75, 3.05) is 20.3 Å². The molecule has 0 spiro atoms. The molecule has 1 aliphatic heterocycles. The van der Waals surface area contributed by atoms with E-state index in [2.05, 4.69) is 5.32 Å². The van der Waals surface area contributed by atoms with Gasteiger partial charge in [0.15, 0.2) is 0 Å². The number of methoxy groups -OCH3 is 1. The molecular formula is C14H19NO3. The van der Waals surface area contributed by atoms with Crippen molar-refractivity contribution in [1.29, 1.82) is 0 Å². The van der Waals surface area contributed by atoms with E-state index in [9.17, 15) is 4.79 Å². The minimum absolute atomic E-state index is 0.0798. The standard InChI is InChI=1S/C14H19NO3/c1-10-5-6-11(8-13(10)17-2)14(16)15-9-12-4-3-7-18-12/h5-6,8,12H,3-4,7,9H2,1-2H3,(H,15,16)/t12-/m1/s1. The van der Waals surface area contributed by atoms with Crippen LogP contribution in [0.3, 0.4) is 0 Å². The lowest BCUT2D eigenvalue weighted by Gasteiger charge is -2.12. The molecule has 1 amide bonds. The first-order valence-corrected chi connectivity index (χ1v) is 6.25. The van der Waals surface area contributed by atoms with Crippen LogP contribution in [0.5, 0.6) is 5.75 Å². The van der Waals surface area contributed by atoms with Crippen LogP contribution in [0.4, 0.5) is 0 Å². The summed E-state index contributed by atoms with van der Waals surface area (Å²) in [4.78, 5) is 12.0. The largest absolute Gasteiger partial charge is 0.496 e. The number of carbonyl (C=O) groups is 1. The topological polar surface area (TPSA) is 47.6 Å². The molecule has 4 heteroatoms. The van der Waals surface area contributed by atoms with E-state index in [1.165, 1.54) is 0 Å². The maximum absolute atomic E-state index is 12.0. The average Bonchev–Trinajstić information content (AvgIpc) is 2.89. The maximum Gasteiger partial charge on any atom is 0.251 e. The SMILES string of the molecule is COc1cc(C(=O)NC[C@H]2CCCO2)ccc1C. The quantitative estimate of drug-likeness (QED) is 0.886. The van der Waals surface area contributed by atoms with Gasteiger partial charge in [0.2, 0.25) is 0 Å². The molecule has 98 valence electrons. The number of hydrogen-bond acceptors (Lipinski definition) is 3. The zero-order valence-corrected chi connectivity index (χ0v) is 10.9. The molecule has 1 atom stereocenters. The molecule has 1 aromatic rings. The van der Waals surface area contributed by atoms with Crippen LogP contribution in [0, 0.1) is 6.92 Å². The van der Waals surface area contributed by atoms with Crippen LogP contribution < -0.4 is 10.1 Å². The van der Waals surface area contributed by atoms with E-state index in [-0.39, 0.29) is 12.0 Å². The van der Waals surface area contributed by atoms with Gasteiger partial charge in [0.25, 0.3) is 5.91 Å². The van der Waals surface area contributed by atoms with Crippen LogP contribution in [0.2, 0.25) is 0 Å². The van der Waals surface area contributed by atoms with Gasteiger partial charge in [-0.1, -0.05) is 6.07 Å². The predicted octanol–water partition coefficient (Wildman–Crippen LogP) is 1.91. The zero-order chi connectivity index (χ0) is 13.0. The molecule has 2 rings (SSSR count). The molecule has 0 aromatic heterocycles. The van der Waals surface area contributed by atoms with Crippen molar-refractivity contribution in [3.63, 3.8) is 0 Å². The number of aryl methyl sites for hydroxylation is 1. The van der Waals surface area contributed by atoms with Crippen molar-refractivity contribution in [3.8, 4) is 5.75 Å². The predicted molar refractivity (Wildman–Crippen MR) is 69.0 cm³/mol. The lowest BCUT2D eigenvalue weighted by atomic mass is 10.1. The summed E-state index contributed by atoms with van der Waals surface area (Å²) in [6, 6.07) is 5.46. The molecule has 1 fully saturated rings. The number of rotatable bonds is 4. The van der Waals surface area contributed by atoms with Crippen molar-refractivity contribution in [1.82, 2.24) is 5.32 Å². The highest BCUT2D eigenvalue weighted by molar-refractivity contribution is 5.94. The number of amides is 1. The Morgan fingerprint density at radius 3 is 3.06 bits per heavy atom. The fourth-order valence-corrected chi connectivity index (χ4v) is 2.08. The third-order valence-corrected chi connectivity index (χ3v) is 3.18. The van der Waals surface area contributed by atoms with E-state index in [4.69, 9.17) is 9.47 Å². The summed E-state index contributed by atoms with van der Waals surface area (Å²) in [5.74, 6) is 0.656. The summed E-state index contributed by atoms with van der Waals surface area (Å²) in [6.45, 7) is 3.33. The van der Waals surface area contributed by atoms with E-state index in [1.807, 2.05) is 19.1 Å². The Balaban J connectivity index is 1.95. The Labute approximate surface area is 107 Å². The summed E-state index contributed by atoms with van der Waals surface area (Å²) < 4.78 is 10.7. The maximum atomic E-state index is 12.0. The molecule has 0 bridgehead atoms. The van der Waals surface area contributed by atoms with Gasteiger partial charge in [-0.3, -0.25) is 4.79 Å². The van der Waals surface area contributed by atoms with Gasteiger partial charge in [0.05, 0.1) is 13.2 Å². The normalized spacial score (nSPS) is 18.7. The van der Waals surface area contributed by atoms with E-state index >= 15 is 0 Å². The van der Waals surface area contributed by atoms with E-state index in [1.54, 1.807) is 13.2 Å². The molecule has 4 nitrogen and oxygen atoms in total. The Bertz CT molecular complexity index is 425. The molecule has 1 saturated heterocycles. The third kappa shape index (κ3) is 3.01. The molecular weight excluding hydrogens is 230 g/mol. The van der Waals surface area contributed by atoms with Crippen molar-refractivity contribution in [2.24, 2.45) is 0 Å². The number of hydrogen-bond donors (Lipinski definition) is 1. The van der Waals surface area contributed by atoms with Crippen LogP contribution in [0.1, 0.15) is 28.8 Å². The molecule has 1 aromatic carbocycles. The Hall–Kier alpha value is -1.55. The van der Waals surface area contributed by atoms with E-state index in [0.29, 0.717) is 12.1 Å². The smallest absolute Gasteiger partial charge is 0.251 e. The lowest BCUT2D eigenvalue weighted by molar-refractivity contribution is 0.0857. The van der Waals surface area contributed by atoms with Gasteiger partial charge in [-0.05, 0) is 37.5 Å². The van der Waals surface area contributed by atoms with Crippen LogP contribution >= 0.6 is 0 Å². The third-order valence-electron chi connectivity index (χ3n) is 3.18. The highest BCUT2D eigenvalue weighted by Crippen LogP contribution is 2.19. The molecule has 0 radical (unpaired) electrons. The first kappa shape index (κ1) is 12.9. The monoisotopic (exact) mass is 249 g/mol. The minimum Gasteiger partial charge on any atom is -0.496 e. The lowest BCUT2D eigenvalue weighted by Crippen LogP contribution is -2.31. The number of carbonyl (C=O) groups excluding carboxylic acids is 1. The summed E-state index contributed by atoms with van der Waals surface area (Å²) in [6.07, 6.45) is 2.28. The van der Waals surface area contributed by atoms with E-state index in [0.717, 1.165) is 30.8 Å². The second-order valence-corrected chi connectivity index (χ2v) is 4.53. The van der Waals surface area contributed by atoms with Gasteiger partial charge < -0.3 is 14.8 Å². The number of benzene rings is 1. The first-order chi connectivity index (χ1) is 8.70. The summed E-state index contributed by atoms with van der Waals surface area (Å²) in [7, 11) is 1.61. The van der Waals surface area contributed by atoms with Gasteiger partial charge in [-0.2, -0.15) is 0 Å². The Morgan fingerprint density at radius 2 is 2.39 bits per heavy atom. The van der Waals surface area contributed by atoms with Gasteiger partial charge in [-0.25, -0.2) is 0 Å². The van der Waals surface area contributed by atoms with Gasteiger partial charge >= 0.3 is 0 Å². The summed E-state index contributed by atoms with van der Waals surface area (Å²) >= 11 is 0. The van der Waals surface area contributed by atoms with Crippen molar-refractivity contribution >= 4 is 5.91 Å². The molecule has 0 saturated carbocycles. The van der Waals surface area contributed by atoms with Crippen LogP contribution in [-0.2, 0) is 4.74 Å². The highest BCUT2D eigenvalue weighted by Gasteiger charge is 2.16. The zero-order valence-electron chi connectivity index (χ0n) is 10.9. The van der Waals surface area contributed by atoms with Crippen LogP contribution in [-0.4, -0.2) is 32.3 Å². The Morgan fingerprint density at radius 1 is 1.56 bits per heavy atom. The van der Waals surface area contributed by atoms with Crippen molar-refractivity contribution in [3.05, 3.63) is 29.3 Å². The number of nitrogens with one attached hydrogen (secondary N) is 1. The molecule has 0 aliphatic carbocycles. The van der Waals surface area contributed by atoms with Crippen LogP contribution in [0.25, 0.3) is 0 Å². The average molecular weight is 249 g/mol. The summed E-state index contributed by atoms with van der Waals surface area (Å²) in [5, 5.41) is 2.89. The summed E-state index contributed by atoms with van der Waals surface area (Å²) in [5.41, 5.74) is 1.64. The molecule has 1 heterocycles. The molecule has 1 N–H and O–H groups in total. The Kier molecular flexibility index (Phi) is 4.20. The first-order valence-electron chi connectivity index (χ1n) is 6.25. The van der Waals surface area contributed by atoms with E-state index < -0.39 is 0 Å². The second-order valence-electron chi connectivity index (χ2n) is 4.53. The molecule has 1 aliphatic rings. The van der Waals surface area contributed by atoms with Crippen molar-refractivity contribution < 1.29 is 14.3 Å². The fraction of sp³-hybridized carbons (Fsp3) is 0.500. The molecule has 18 heavy (non-hydrogen) atoms. The minimum atomic E-state index is -0.0798. The van der Waals surface area contributed by atoms with Crippen LogP contribution in [0.15, 0.2) is 18.2 Å². The van der Waals surface area contributed by atoms with Gasteiger partial charge in [0.1, 0.15) is 5.75 Å². The number of ether oxygens (including phenoxy) is 2. The van der Waals surface area contributed by atoms with Gasteiger partial charge in [-0.15, -0.1) is 0 Å². The highest BCUT2D eigenvalue weighted by atomic mass is 16.5. The fourth-order valence-electron chi connectivity index (χ4n) is 2.08. The second kappa shape index (κ2) is 5.87. The molecule has 0 unspecified atom stereocenters.